The number of hydrogen-bond donors (Lipinski definition) is 1. The molecule has 1 fully saturated rings. The molecule has 0 aromatic heterocycles. The van der Waals surface area contributed by atoms with E-state index >= 15 is 0 Å². The van der Waals surface area contributed by atoms with Gasteiger partial charge >= 0.3 is 0 Å². The lowest BCUT2D eigenvalue weighted by Crippen LogP contribution is -2.45. The number of likely N-dealkylation sites (tertiary alicyclic amines) is 1. The van der Waals surface area contributed by atoms with Crippen LogP contribution in [0.4, 0.5) is 5.69 Å². The largest absolute Gasteiger partial charge is 0.342 e. The van der Waals surface area contributed by atoms with Crippen LogP contribution >= 0.6 is 0 Å². The summed E-state index contributed by atoms with van der Waals surface area (Å²) in [6, 6.07) is 6.47. The lowest BCUT2D eigenvalue weighted by molar-refractivity contribution is -0.385. The first kappa shape index (κ1) is 15.4. The maximum absolute atomic E-state index is 12.4. The summed E-state index contributed by atoms with van der Waals surface area (Å²) in [4.78, 5) is 24.7. The third-order valence-electron chi connectivity index (χ3n) is 4.08. The van der Waals surface area contributed by atoms with Gasteiger partial charge in [-0.3, -0.25) is 14.9 Å². The Labute approximate surface area is 124 Å². The third kappa shape index (κ3) is 3.78. The van der Waals surface area contributed by atoms with Gasteiger partial charge in [-0.1, -0.05) is 18.2 Å². The van der Waals surface area contributed by atoms with Gasteiger partial charge in [-0.25, -0.2) is 0 Å². The zero-order chi connectivity index (χ0) is 15.4. The van der Waals surface area contributed by atoms with Crippen molar-refractivity contribution < 1.29 is 9.72 Å². The predicted octanol–water partition coefficient (Wildman–Crippen LogP) is 1.72. The van der Waals surface area contributed by atoms with Crippen molar-refractivity contribution in [1.82, 2.24) is 4.90 Å². The van der Waals surface area contributed by atoms with Crippen LogP contribution in [0, 0.1) is 16.0 Å². The molecule has 0 saturated carbocycles. The molecule has 114 valence electrons. The second-order valence-corrected chi connectivity index (χ2v) is 5.66. The number of para-hydroxylation sites is 1. The molecule has 1 aromatic carbocycles. The average molecular weight is 291 g/mol. The maximum Gasteiger partial charge on any atom is 0.273 e. The molecule has 2 atom stereocenters. The first-order valence-corrected chi connectivity index (χ1v) is 7.24. The van der Waals surface area contributed by atoms with Crippen LogP contribution in [0.25, 0.3) is 0 Å². The van der Waals surface area contributed by atoms with Gasteiger partial charge in [-0.15, -0.1) is 0 Å². The molecule has 2 unspecified atom stereocenters. The number of amides is 1. The number of rotatable bonds is 4. The molecule has 1 aliphatic heterocycles. The van der Waals surface area contributed by atoms with Gasteiger partial charge in [0, 0.05) is 30.8 Å². The van der Waals surface area contributed by atoms with Crippen LogP contribution in [-0.4, -0.2) is 34.9 Å². The minimum absolute atomic E-state index is 0.00611. The molecule has 0 spiro atoms. The van der Waals surface area contributed by atoms with Gasteiger partial charge < -0.3 is 10.6 Å². The van der Waals surface area contributed by atoms with E-state index in [1.165, 1.54) is 6.07 Å². The summed E-state index contributed by atoms with van der Waals surface area (Å²) in [7, 11) is 0. The van der Waals surface area contributed by atoms with Crippen molar-refractivity contribution in [2.45, 2.75) is 32.2 Å². The Morgan fingerprint density at radius 1 is 1.52 bits per heavy atom. The van der Waals surface area contributed by atoms with Crippen molar-refractivity contribution in [3.63, 3.8) is 0 Å². The number of nitrogens with two attached hydrogens (primary N) is 1. The molecule has 1 aliphatic rings. The molecule has 6 nitrogen and oxygen atoms in total. The quantitative estimate of drug-likeness (QED) is 0.675. The number of nitro groups is 1. The summed E-state index contributed by atoms with van der Waals surface area (Å²) in [6.07, 6.45) is 2.05. The topological polar surface area (TPSA) is 89.5 Å². The summed E-state index contributed by atoms with van der Waals surface area (Å²) in [5, 5.41) is 11.0. The third-order valence-corrected chi connectivity index (χ3v) is 4.08. The molecule has 0 radical (unpaired) electrons. The Hall–Kier alpha value is -1.95. The fourth-order valence-electron chi connectivity index (χ4n) is 2.78. The van der Waals surface area contributed by atoms with E-state index in [0.717, 1.165) is 12.8 Å². The number of carbonyl (C=O) groups is 1. The van der Waals surface area contributed by atoms with Crippen LogP contribution in [-0.2, 0) is 11.2 Å². The van der Waals surface area contributed by atoms with Crippen molar-refractivity contribution >= 4 is 11.6 Å². The molecule has 21 heavy (non-hydrogen) atoms. The van der Waals surface area contributed by atoms with E-state index in [4.69, 9.17) is 5.73 Å². The van der Waals surface area contributed by atoms with Crippen LogP contribution in [0.5, 0.6) is 0 Å². The number of nitro benzene ring substituents is 1. The Balaban J connectivity index is 2.06. The second kappa shape index (κ2) is 6.67. The highest BCUT2D eigenvalue weighted by molar-refractivity contribution is 5.80. The van der Waals surface area contributed by atoms with Gasteiger partial charge in [0.15, 0.2) is 0 Å². The molecule has 1 saturated heterocycles. The van der Waals surface area contributed by atoms with Crippen molar-refractivity contribution in [3.05, 3.63) is 39.9 Å². The first-order chi connectivity index (χ1) is 9.99. The highest BCUT2D eigenvalue weighted by atomic mass is 16.6. The number of carbonyl (C=O) groups excluding carboxylic acids is 1. The van der Waals surface area contributed by atoms with Crippen LogP contribution in [0.2, 0.25) is 0 Å². The fraction of sp³-hybridized carbons (Fsp3) is 0.533. The first-order valence-electron chi connectivity index (χ1n) is 7.24. The molecule has 2 N–H and O–H groups in total. The molecule has 0 aliphatic carbocycles. The molecule has 6 heteroatoms. The Morgan fingerprint density at radius 3 is 2.90 bits per heavy atom. The summed E-state index contributed by atoms with van der Waals surface area (Å²) < 4.78 is 0. The number of hydrogen-bond acceptors (Lipinski definition) is 4. The fourth-order valence-corrected chi connectivity index (χ4v) is 2.78. The van der Waals surface area contributed by atoms with E-state index in [1.54, 1.807) is 23.1 Å². The summed E-state index contributed by atoms with van der Waals surface area (Å²) in [6.45, 7) is 3.32. The number of piperidine rings is 1. The zero-order valence-corrected chi connectivity index (χ0v) is 12.2. The standard InChI is InChI=1S/C15H21N3O3/c1-11(16)13-6-4-8-17(10-13)15(19)9-12-5-2-3-7-14(12)18(20)21/h2-3,5,7,11,13H,4,6,8-10,16H2,1H3. The SMILES string of the molecule is CC(N)C1CCCN(C(=O)Cc2ccccc2[N+](=O)[O-])C1. The normalized spacial score (nSPS) is 20.1. The van der Waals surface area contributed by atoms with Gasteiger partial charge in [0.25, 0.3) is 5.69 Å². The van der Waals surface area contributed by atoms with E-state index in [0.29, 0.717) is 24.6 Å². The lowest BCUT2D eigenvalue weighted by Gasteiger charge is -2.34. The number of nitrogens with zero attached hydrogens (tertiary/aromatic N) is 2. The van der Waals surface area contributed by atoms with Crippen LogP contribution in [0.15, 0.2) is 24.3 Å². The zero-order valence-electron chi connectivity index (χ0n) is 12.2. The lowest BCUT2D eigenvalue weighted by atomic mass is 9.92. The molecule has 0 bridgehead atoms. The smallest absolute Gasteiger partial charge is 0.273 e. The van der Waals surface area contributed by atoms with E-state index < -0.39 is 4.92 Å². The van der Waals surface area contributed by atoms with Gasteiger partial charge in [-0.2, -0.15) is 0 Å². The van der Waals surface area contributed by atoms with Crippen LogP contribution in [0.1, 0.15) is 25.3 Å². The molecule has 1 aromatic rings. The molecule has 1 heterocycles. The Kier molecular flexibility index (Phi) is 4.90. The van der Waals surface area contributed by atoms with E-state index in [9.17, 15) is 14.9 Å². The van der Waals surface area contributed by atoms with Crippen LogP contribution in [0.3, 0.4) is 0 Å². The molecular formula is C15H21N3O3. The Bertz CT molecular complexity index is 531. The van der Waals surface area contributed by atoms with E-state index in [2.05, 4.69) is 0 Å². The predicted molar refractivity (Wildman–Crippen MR) is 79.8 cm³/mol. The average Bonchev–Trinajstić information content (AvgIpc) is 2.47. The molecule has 2 rings (SSSR count). The second-order valence-electron chi connectivity index (χ2n) is 5.66. The van der Waals surface area contributed by atoms with Gasteiger partial charge in [0.2, 0.25) is 5.91 Å². The van der Waals surface area contributed by atoms with Crippen molar-refractivity contribution in [3.8, 4) is 0 Å². The monoisotopic (exact) mass is 291 g/mol. The highest BCUT2D eigenvalue weighted by Gasteiger charge is 2.27. The molecule has 1 amide bonds. The van der Waals surface area contributed by atoms with Gasteiger partial charge in [0.1, 0.15) is 0 Å². The summed E-state index contributed by atoms with van der Waals surface area (Å²) >= 11 is 0. The highest BCUT2D eigenvalue weighted by Crippen LogP contribution is 2.22. The van der Waals surface area contributed by atoms with E-state index in [-0.39, 0.29) is 24.1 Å². The minimum atomic E-state index is -0.441. The summed E-state index contributed by atoms with van der Waals surface area (Å²) in [5.74, 6) is 0.253. The van der Waals surface area contributed by atoms with Gasteiger partial charge in [0.05, 0.1) is 11.3 Å². The Morgan fingerprint density at radius 2 is 2.24 bits per heavy atom. The van der Waals surface area contributed by atoms with Crippen LogP contribution < -0.4 is 5.73 Å². The summed E-state index contributed by atoms with van der Waals surface area (Å²) in [5.41, 5.74) is 6.39. The molecular weight excluding hydrogens is 270 g/mol. The maximum atomic E-state index is 12.4. The van der Waals surface area contributed by atoms with E-state index in [1.807, 2.05) is 6.92 Å². The van der Waals surface area contributed by atoms with Crippen molar-refractivity contribution in [2.24, 2.45) is 11.7 Å². The van der Waals surface area contributed by atoms with Crippen molar-refractivity contribution in [1.29, 1.82) is 0 Å². The van der Waals surface area contributed by atoms with Crippen molar-refractivity contribution in [2.75, 3.05) is 13.1 Å². The van der Waals surface area contributed by atoms with Gasteiger partial charge in [-0.05, 0) is 25.7 Å². The minimum Gasteiger partial charge on any atom is -0.342 e. The number of benzene rings is 1.